The molecule has 1 N–H and O–H groups in total. The first-order valence-corrected chi connectivity index (χ1v) is 6.13. The van der Waals surface area contributed by atoms with Crippen molar-refractivity contribution < 1.29 is 4.39 Å². The quantitative estimate of drug-likeness (QED) is 0.810. The zero-order valence-corrected chi connectivity index (χ0v) is 11.5. The van der Waals surface area contributed by atoms with Crippen LogP contribution in [-0.4, -0.2) is 4.98 Å². The van der Waals surface area contributed by atoms with Gasteiger partial charge in [-0.05, 0) is 24.3 Å². The van der Waals surface area contributed by atoms with E-state index in [-0.39, 0.29) is 26.6 Å². The first kappa shape index (κ1) is 13.9. The van der Waals surface area contributed by atoms with Gasteiger partial charge < -0.3 is 5.32 Å². The van der Waals surface area contributed by atoms with Crippen molar-refractivity contribution in [3.05, 3.63) is 50.8 Å². The third kappa shape index (κ3) is 3.07. The molecule has 0 atom stereocenters. The molecule has 3 nitrogen and oxygen atoms in total. The van der Waals surface area contributed by atoms with Gasteiger partial charge in [0.25, 0.3) is 0 Å². The third-order valence-corrected chi connectivity index (χ3v) is 3.20. The number of rotatable bonds is 2. The number of pyridine rings is 1. The summed E-state index contributed by atoms with van der Waals surface area (Å²) in [7, 11) is 0. The number of hydrogen-bond donors (Lipinski definition) is 1. The number of nitrogens with zero attached hydrogens (tertiary/aromatic N) is 2. The Morgan fingerprint density at radius 1 is 1.16 bits per heavy atom. The Balaban J connectivity index is 2.42. The van der Waals surface area contributed by atoms with Crippen molar-refractivity contribution in [3.63, 3.8) is 0 Å². The van der Waals surface area contributed by atoms with Crippen molar-refractivity contribution in [2.45, 2.75) is 0 Å². The molecule has 1 heterocycles. The average molecular weight is 317 g/mol. The van der Waals surface area contributed by atoms with Crippen LogP contribution in [0.3, 0.4) is 0 Å². The highest BCUT2D eigenvalue weighted by atomic mass is 35.5. The molecule has 0 bridgehead atoms. The highest BCUT2D eigenvalue weighted by Gasteiger charge is 2.10. The van der Waals surface area contributed by atoms with Gasteiger partial charge in [0.15, 0.2) is 5.82 Å². The first-order chi connectivity index (χ1) is 9.01. The Morgan fingerprint density at radius 3 is 2.58 bits per heavy atom. The fourth-order valence-corrected chi connectivity index (χ4v) is 1.92. The molecular weight excluding hydrogens is 312 g/mol. The van der Waals surface area contributed by atoms with E-state index in [1.807, 2.05) is 6.07 Å². The average Bonchev–Trinajstić information content (AvgIpc) is 2.37. The van der Waals surface area contributed by atoms with E-state index < -0.39 is 5.82 Å². The van der Waals surface area contributed by atoms with Crippen LogP contribution in [0.15, 0.2) is 24.3 Å². The molecule has 0 fully saturated rings. The lowest BCUT2D eigenvalue weighted by atomic mass is 10.2. The second-order valence-electron chi connectivity index (χ2n) is 3.52. The zero-order chi connectivity index (χ0) is 14.0. The molecule has 0 amide bonds. The van der Waals surface area contributed by atoms with E-state index in [0.29, 0.717) is 5.69 Å². The fraction of sp³-hybridized carbons (Fsp3) is 0. The van der Waals surface area contributed by atoms with Crippen LogP contribution in [-0.2, 0) is 0 Å². The van der Waals surface area contributed by atoms with E-state index in [0.717, 1.165) is 6.07 Å². The molecular formula is C12H5Cl3FN3. The summed E-state index contributed by atoms with van der Waals surface area (Å²) in [5, 5.41) is 12.3. The van der Waals surface area contributed by atoms with Gasteiger partial charge in [-0.15, -0.1) is 0 Å². The second kappa shape index (κ2) is 5.62. The van der Waals surface area contributed by atoms with Gasteiger partial charge in [-0.2, -0.15) is 5.26 Å². The number of benzene rings is 1. The van der Waals surface area contributed by atoms with Crippen LogP contribution >= 0.6 is 34.8 Å². The standard InChI is InChI=1S/C12H5Cl3FN3/c13-8-4-9(14)12(19-11(8)15)18-10-2-1-7(16)3-6(10)5-17/h1-4H,(H,18,19). The molecule has 0 saturated heterocycles. The summed E-state index contributed by atoms with van der Waals surface area (Å²) >= 11 is 17.5. The lowest BCUT2D eigenvalue weighted by Crippen LogP contribution is -1.98. The molecule has 7 heteroatoms. The van der Waals surface area contributed by atoms with E-state index in [1.165, 1.54) is 18.2 Å². The minimum atomic E-state index is -0.504. The van der Waals surface area contributed by atoms with Gasteiger partial charge in [0, 0.05) is 0 Å². The molecule has 1 aromatic heterocycles. The third-order valence-electron chi connectivity index (χ3n) is 2.24. The minimum Gasteiger partial charge on any atom is -0.338 e. The minimum absolute atomic E-state index is 0.0779. The van der Waals surface area contributed by atoms with Crippen LogP contribution in [0.5, 0.6) is 0 Å². The molecule has 96 valence electrons. The molecule has 0 saturated carbocycles. The highest BCUT2D eigenvalue weighted by Crippen LogP contribution is 2.31. The van der Waals surface area contributed by atoms with Crippen molar-refractivity contribution in [1.29, 1.82) is 5.26 Å². The molecule has 2 rings (SSSR count). The predicted molar refractivity (Wildman–Crippen MR) is 73.7 cm³/mol. The Kier molecular flexibility index (Phi) is 4.11. The van der Waals surface area contributed by atoms with Crippen LogP contribution in [0.25, 0.3) is 0 Å². The second-order valence-corrected chi connectivity index (χ2v) is 4.69. The van der Waals surface area contributed by atoms with Crippen LogP contribution in [0.1, 0.15) is 5.56 Å². The Morgan fingerprint density at radius 2 is 1.89 bits per heavy atom. The maximum atomic E-state index is 13.0. The van der Waals surface area contributed by atoms with Crippen molar-refractivity contribution in [2.24, 2.45) is 0 Å². The van der Waals surface area contributed by atoms with Gasteiger partial charge in [0.1, 0.15) is 17.0 Å². The largest absolute Gasteiger partial charge is 0.338 e. The number of halogens is 4. The summed E-state index contributed by atoms with van der Waals surface area (Å²) in [6.07, 6.45) is 0. The van der Waals surface area contributed by atoms with Crippen molar-refractivity contribution in [1.82, 2.24) is 4.98 Å². The maximum absolute atomic E-state index is 13.0. The molecule has 2 aromatic rings. The smallest absolute Gasteiger partial charge is 0.151 e. The number of aromatic nitrogens is 1. The van der Waals surface area contributed by atoms with Crippen LogP contribution < -0.4 is 5.32 Å². The molecule has 0 spiro atoms. The topological polar surface area (TPSA) is 48.7 Å². The first-order valence-electron chi connectivity index (χ1n) is 4.99. The van der Waals surface area contributed by atoms with Gasteiger partial charge in [-0.3, -0.25) is 0 Å². The van der Waals surface area contributed by atoms with Crippen molar-refractivity contribution >= 4 is 46.3 Å². The lowest BCUT2D eigenvalue weighted by molar-refractivity contribution is 0.627. The fourth-order valence-electron chi connectivity index (χ4n) is 1.38. The number of nitrogens with one attached hydrogen (secondary N) is 1. The molecule has 0 aliphatic carbocycles. The van der Waals surface area contributed by atoms with E-state index >= 15 is 0 Å². The Bertz CT molecular complexity index is 683. The van der Waals surface area contributed by atoms with E-state index in [4.69, 9.17) is 40.1 Å². The normalized spacial score (nSPS) is 10.1. The van der Waals surface area contributed by atoms with E-state index in [1.54, 1.807) is 0 Å². The molecule has 0 aliphatic rings. The molecule has 0 unspecified atom stereocenters. The summed E-state index contributed by atoms with van der Waals surface area (Å²) in [6, 6.07) is 7.03. The summed E-state index contributed by atoms with van der Waals surface area (Å²) in [5.41, 5.74) is 0.501. The summed E-state index contributed by atoms with van der Waals surface area (Å²) in [4.78, 5) is 3.95. The molecule has 19 heavy (non-hydrogen) atoms. The SMILES string of the molecule is N#Cc1cc(F)ccc1Nc1nc(Cl)c(Cl)cc1Cl. The number of anilines is 2. The van der Waals surface area contributed by atoms with Crippen LogP contribution in [0.4, 0.5) is 15.9 Å². The zero-order valence-electron chi connectivity index (χ0n) is 9.22. The van der Waals surface area contributed by atoms with Crippen molar-refractivity contribution in [3.8, 4) is 6.07 Å². The van der Waals surface area contributed by atoms with Crippen molar-refractivity contribution in [2.75, 3.05) is 5.32 Å². The number of hydrogen-bond acceptors (Lipinski definition) is 3. The lowest BCUT2D eigenvalue weighted by Gasteiger charge is -2.10. The highest BCUT2D eigenvalue weighted by molar-refractivity contribution is 6.43. The van der Waals surface area contributed by atoms with Gasteiger partial charge in [0.2, 0.25) is 0 Å². The maximum Gasteiger partial charge on any atom is 0.151 e. The van der Waals surface area contributed by atoms with Gasteiger partial charge in [0.05, 0.1) is 21.3 Å². The van der Waals surface area contributed by atoms with Gasteiger partial charge in [-0.1, -0.05) is 34.8 Å². The molecule has 0 aliphatic heterocycles. The molecule has 0 radical (unpaired) electrons. The van der Waals surface area contributed by atoms with Gasteiger partial charge >= 0.3 is 0 Å². The molecule has 1 aromatic carbocycles. The van der Waals surface area contributed by atoms with E-state index in [2.05, 4.69) is 10.3 Å². The van der Waals surface area contributed by atoms with Crippen LogP contribution in [0, 0.1) is 17.1 Å². The Hall–Kier alpha value is -1.54. The van der Waals surface area contributed by atoms with Crippen LogP contribution in [0.2, 0.25) is 15.2 Å². The summed E-state index contributed by atoms with van der Waals surface area (Å²) < 4.78 is 13.0. The Labute approximate surface area is 123 Å². The predicted octanol–water partition coefficient (Wildman–Crippen LogP) is 4.80. The van der Waals surface area contributed by atoms with E-state index in [9.17, 15) is 4.39 Å². The monoisotopic (exact) mass is 315 g/mol. The number of nitriles is 1. The van der Waals surface area contributed by atoms with Gasteiger partial charge in [-0.25, -0.2) is 9.37 Å². The summed E-state index contributed by atoms with van der Waals surface area (Å²) in [5.74, 6) is -0.269. The summed E-state index contributed by atoms with van der Waals surface area (Å²) in [6.45, 7) is 0.